The number of ether oxygens (including phenoxy) is 1. The number of carboxylic acid groups (broad SMARTS) is 1. The molecular weight excluding hydrogens is 428 g/mol. The van der Waals surface area contributed by atoms with Gasteiger partial charge in [0.25, 0.3) is 5.56 Å². The summed E-state index contributed by atoms with van der Waals surface area (Å²) < 4.78 is 9.68. The zero-order valence-electron chi connectivity index (χ0n) is 17.2. The minimum absolute atomic E-state index is 0.00610. The lowest BCUT2D eigenvalue weighted by Crippen LogP contribution is -2.43. The number of imidazole rings is 2. The number of hydrogen-bond donors (Lipinski definition) is 6. The van der Waals surface area contributed by atoms with Crippen LogP contribution in [0, 0.1) is 6.92 Å². The monoisotopic (exact) mass is 452 g/mol. The third-order valence-corrected chi connectivity index (χ3v) is 5.84. The van der Waals surface area contributed by atoms with Crippen LogP contribution < -0.4 is 11.3 Å². The summed E-state index contributed by atoms with van der Waals surface area (Å²) in [7, 11) is 1.60. The van der Waals surface area contributed by atoms with Crippen LogP contribution in [0.5, 0.6) is 0 Å². The maximum Gasteiger partial charge on any atom is 0.323 e. The molecule has 4 rings (SSSR count). The van der Waals surface area contributed by atoms with Crippen LogP contribution in [-0.4, -0.2) is 92.1 Å². The van der Waals surface area contributed by atoms with E-state index >= 15 is 0 Å². The average Bonchev–Trinajstić information content (AvgIpc) is 3.41. The van der Waals surface area contributed by atoms with Crippen molar-refractivity contribution in [1.29, 1.82) is 0 Å². The van der Waals surface area contributed by atoms with Crippen LogP contribution in [0.4, 0.5) is 0 Å². The molecule has 6 atom stereocenters. The van der Waals surface area contributed by atoms with Crippen LogP contribution in [0.3, 0.4) is 0 Å². The van der Waals surface area contributed by atoms with Gasteiger partial charge in [-0.2, -0.15) is 0 Å². The Morgan fingerprint density at radius 1 is 1.34 bits per heavy atom. The Labute approximate surface area is 179 Å². The van der Waals surface area contributed by atoms with Gasteiger partial charge in [-0.25, -0.2) is 14.4 Å². The fourth-order valence-corrected chi connectivity index (χ4v) is 4.05. The summed E-state index contributed by atoms with van der Waals surface area (Å²) in [5.74, 6) is -1.20. The number of carbonyl (C=O) groups is 1. The van der Waals surface area contributed by atoms with Crippen molar-refractivity contribution in [3.63, 3.8) is 0 Å². The van der Waals surface area contributed by atoms with Crippen LogP contribution in [0.1, 0.15) is 17.6 Å². The lowest BCUT2D eigenvalue weighted by atomic mass is 10.1. The number of rotatable bonds is 6. The van der Waals surface area contributed by atoms with Crippen molar-refractivity contribution in [2.75, 3.05) is 6.61 Å². The second-order valence-electron chi connectivity index (χ2n) is 7.83. The lowest BCUT2D eigenvalue weighted by Gasteiger charge is -2.18. The van der Waals surface area contributed by atoms with Crippen LogP contribution in [0.15, 0.2) is 11.1 Å². The van der Waals surface area contributed by atoms with Crippen molar-refractivity contribution in [1.82, 2.24) is 23.5 Å². The van der Waals surface area contributed by atoms with Crippen molar-refractivity contribution < 1.29 is 35.1 Å². The van der Waals surface area contributed by atoms with E-state index in [0.717, 1.165) is 0 Å². The number of hydrogen-bond acceptors (Lipinski definition) is 10. The van der Waals surface area contributed by atoms with Gasteiger partial charge < -0.3 is 36.0 Å². The van der Waals surface area contributed by atoms with Gasteiger partial charge in [-0.05, 0) is 6.92 Å². The quantitative estimate of drug-likeness (QED) is 0.217. The second kappa shape index (κ2) is 7.91. The number of aliphatic hydroxyl groups excluding tert-OH is 4. The van der Waals surface area contributed by atoms with Crippen molar-refractivity contribution in [2.24, 2.45) is 12.8 Å². The first-order valence-electron chi connectivity index (χ1n) is 9.80. The molecule has 2 unspecified atom stereocenters. The highest BCUT2D eigenvalue weighted by Gasteiger charge is 2.44. The van der Waals surface area contributed by atoms with Crippen LogP contribution in [-0.2, 0) is 23.0 Å². The zero-order valence-corrected chi connectivity index (χ0v) is 17.2. The molecule has 174 valence electrons. The van der Waals surface area contributed by atoms with E-state index in [1.165, 1.54) is 19.9 Å². The highest BCUT2D eigenvalue weighted by atomic mass is 16.6. The SMILES string of the molecule is Cc1nc2n(C)c3c(ncn3[C@@H]3O[C@H](CO)[C@@H](O)[C@H]3O)c(=O)n2c1CC(O)C(N)C(=O)O. The van der Waals surface area contributed by atoms with Gasteiger partial charge in [0, 0.05) is 13.5 Å². The largest absolute Gasteiger partial charge is 0.480 e. The molecule has 1 fully saturated rings. The molecule has 1 saturated heterocycles. The molecule has 0 saturated carbocycles. The molecule has 4 heterocycles. The first-order chi connectivity index (χ1) is 15.1. The summed E-state index contributed by atoms with van der Waals surface area (Å²) in [6.07, 6.45) is -5.23. The van der Waals surface area contributed by atoms with Crippen LogP contribution >= 0.6 is 0 Å². The summed E-state index contributed by atoms with van der Waals surface area (Å²) in [5.41, 5.74) is 5.83. The molecule has 0 aliphatic carbocycles. The number of aryl methyl sites for hydroxylation is 2. The van der Waals surface area contributed by atoms with Gasteiger partial charge in [-0.3, -0.25) is 18.7 Å². The number of nitrogens with two attached hydrogens (primary N) is 1. The molecule has 14 nitrogen and oxygen atoms in total. The van der Waals surface area contributed by atoms with Gasteiger partial charge in [0.1, 0.15) is 24.4 Å². The van der Waals surface area contributed by atoms with Crippen LogP contribution in [0.25, 0.3) is 16.9 Å². The molecule has 14 heteroatoms. The third-order valence-electron chi connectivity index (χ3n) is 5.84. The fourth-order valence-electron chi connectivity index (χ4n) is 4.05. The number of fused-ring (bicyclic) bond motifs is 2. The third kappa shape index (κ3) is 3.19. The number of aliphatic carboxylic acids is 1. The van der Waals surface area contributed by atoms with E-state index in [1.807, 2.05) is 0 Å². The van der Waals surface area contributed by atoms with Crippen molar-refractivity contribution >= 4 is 22.9 Å². The first-order valence-corrected chi connectivity index (χ1v) is 9.80. The summed E-state index contributed by atoms with van der Waals surface area (Å²) in [4.78, 5) is 32.9. The normalized spacial score (nSPS) is 25.6. The highest BCUT2D eigenvalue weighted by Crippen LogP contribution is 2.31. The number of nitrogens with zero attached hydrogens (tertiary/aromatic N) is 5. The Balaban J connectivity index is 1.86. The summed E-state index contributed by atoms with van der Waals surface area (Å²) in [6, 6.07) is -1.54. The molecule has 1 aliphatic heterocycles. The molecular formula is C18H24N6O8. The van der Waals surface area contributed by atoms with Gasteiger partial charge in [0.15, 0.2) is 17.4 Å². The molecule has 0 aromatic carbocycles. The minimum atomic E-state index is -1.54. The Morgan fingerprint density at radius 3 is 2.62 bits per heavy atom. The number of carboxylic acids is 1. The molecule has 32 heavy (non-hydrogen) atoms. The van der Waals surface area contributed by atoms with E-state index < -0.39 is 54.8 Å². The Kier molecular flexibility index (Phi) is 5.52. The summed E-state index contributed by atoms with van der Waals surface area (Å²) in [5, 5.41) is 49.0. The van der Waals surface area contributed by atoms with E-state index in [2.05, 4.69) is 9.97 Å². The maximum absolute atomic E-state index is 13.3. The minimum Gasteiger partial charge on any atom is -0.480 e. The van der Waals surface area contributed by atoms with Gasteiger partial charge in [0.2, 0.25) is 5.78 Å². The van der Waals surface area contributed by atoms with Gasteiger partial charge >= 0.3 is 5.97 Å². The summed E-state index contributed by atoms with van der Waals surface area (Å²) in [6.45, 7) is 1.10. The van der Waals surface area contributed by atoms with Gasteiger partial charge in [-0.1, -0.05) is 0 Å². The summed E-state index contributed by atoms with van der Waals surface area (Å²) >= 11 is 0. The van der Waals surface area contributed by atoms with E-state index in [-0.39, 0.29) is 29.1 Å². The molecule has 3 aromatic rings. The topological polar surface area (TPSA) is 211 Å². The molecule has 0 spiro atoms. The highest BCUT2D eigenvalue weighted by molar-refractivity contribution is 5.74. The van der Waals surface area contributed by atoms with Gasteiger partial charge in [0.05, 0.1) is 30.4 Å². The van der Waals surface area contributed by atoms with Crippen molar-refractivity contribution in [3.8, 4) is 0 Å². The van der Waals surface area contributed by atoms with Crippen molar-refractivity contribution in [2.45, 2.75) is 50.0 Å². The van der Waals surface area contributed by atoms with E-state index in [1.54, 1.807) is 14.0 Å². The smallest absolute Gasteiger partial charge is 0.323 e. The van der Waals surface area contributed by atoms with Gasteiger partial charge in [-0.15, -0.1) is 0 Å². The average molecular weight is 452 g/mol. The lowest BCUT2D eigenvalue weighted by molar-refractivity contribution is -0.141. The van der Waals surface area contributed by atoms with E-state index in [9.17, 15) is 30.0 Å². The second-order valence-corrected chi connectivity index (χ2v) is 7.83. The molecule has 0 amide bonds. The Hall–Kier alpha value is -2.88. The maximum atomic E-state index is 13.3. The zero-order chi connectivity index (χ0) is 23.5. The number of aliphatic hydroxyl groups is 4. The van der Waals surface area contributed by atoms with Crippen molar-refractivity contribution in [3.05, 3.63) is 28.1 Å². The molecule has 0 bridgehead atoms. The van der Waals surface area contributed by atoms with E-state index in [0.29, 0.717) is 5.69 Å². The first kappa shape index (κ1) is 22.3. The van der Waals surface area contributed by atoms with E-state index in [4.69, 9.17) is 15.6 Å². The molecule has 7 N–H and O–H groups in total. The Morgan fingerprint density at radius 2 is 2.03 bits per heavy atom. The van der Waals surface area contributed by atoms with Crippen LogP contribution in [0.2, 0.25) is 0 Å². The fraction of sp³-hybridized carbons (Fsp3) is 0.556. The standard InChI is InChI=1S/C18H24N6O8/c1-6-7(3-8(26)10(19)17(30)31)24-15(29)11-14(22(2)18(24)21-6)23(5-20-11)16-13(28)12(27)9(4-25)32-16/h5,8-10,12-13,16,25-28H,3-4,19H2,1-2H3,(H,30,31)/t8?,9-,10?,12-,13-,16-/m1/s1. The number of aromatic nitrogens is 5. The molecule has 3 aromatic heterocycles. The predicted molar refractivity (Wildman–Crippen MR) is 107 cm³/mol. The predicted octanol–water partition coefficient (Wildman–Crippen LogP) is -3.38. The molecule has 1 aliphatic rings. The Bertz CT molecular complexity index is 1250. The molecule has 0 radical (unpaired) electrons.